The Bertz CT molecular complexity index is 484. The number of likely N-dealkylation sites (N-methyl/N-ethyl adjacent to an activating group) is 1. The van der Waals surface area contributed by atoms with Crippen LogP contribution in [0.2, 0.25) is 0 Å². The van der Waals surface area contributed by atoms with Gasteiger partial charge in [-0.2, -0.15) is 0 Å². The molecule has 3 rings (SSSR count). The molecule has 1 unspecified atom stereocenters. The van der Waals surface area contributed by atoms with Crippen molar-refractivity contribution in [2.24, 2.45) is 5.73 Å². The van der Waals surface area contributed by atoms with E-state index >= 15 is 0 Å². The summed E-state index contributed by atoms with van der Waals surface area (Å²) in [7, 11) is 4.01. The van der Waals surface area contributed by atoms with Gasteiger partial charge in [0.1, 0.15) is 5.75 Å². The van der Waals surface area contributed by atoms with Crippen molar-refractivity contribution < 1.29 is 4.74 Å². The van der Waals surface area contributed by atoms with Crippen LogP contribution >= 0.6 is 0 Å². The highest BCUT2D eigenvalue weighted by Gasteiger charge is 2.43. The minimum Gasteiger partial charge on any atom is -0.497 e. The van der Waals surface area contributed by atoms with E-state index in [0.29, 0.717) is 12.6 Å². The number of benzene rings is 1. The lowest BCUT2D eigenvalue weighted by Crippen LogP contribution is -2.56. The van der Waals surface area contributed by atoms with Crippen molar-refractivity contribution in [2.45, 2.75) is 50.1 Å². The maximum atomic E-state index is 6.28. The second-order valence-electron chi connectivity index (χ2n) is 6.31. The molecule has 0 bridgehead atoms. The van der Waals surface area contributed by atoms with Gasteiger partial charge in [0.15, 0.2) is 0 Å². The summed E-state index contributed by atoms with van der Waals surface area (Å²) in [6.07, 6.45) is 7.56. The summed E-state index contributed by atoms with van der Waals surface area (Å²) >= 11 is 0. The SMILES string of the molecule is COc1ccc2c(c1)C(CN)(N(C)C1CCC1)CCC2. The molecule has 1 aromatic rings. The zero-order valence-corrected chi connectivity index (χ0v) is 12.7. The quantitative estimate of drug-likeness (QED) is 0.917. The molecule has 0 spiro atoms. The fourth-order valence-corrected chi connectivity index (χ4v) is 3.89. The van der Waals surface area contributed by atoms with E-state index in [1.807, 2.05) is 0 Å². The minimum atomic E-state index is 0.00715. The Morgan fingerprint density at radius 3 is 2.75 bits per heavy atom. The molecule has 0 radical (unpaired) electrons. The molecule has 1 atom stereocenters. The lowest BCUT2D eigenvalue weighted by Gasteiger charge is -2.51. The van der Waals surface area contributed by atoms with Crippen molar-refractivity contribution in [3.63, 3.8) is 0 Å². The number of aryl methyl sites for hydroxylation is 1. The number of nitrogens with zero attached hydrogens (tertiary/aromatic N) is 1. The van der Waals surface area contributed by atoms with Crippen LogP contribution in [0.1, 0.15) is 43.2 Å². The topological polar surface area (TPSA) is 38.5 Å². The van der Waals surface area contributed by atoms with Crippen molar-refractivity contribution in [1.82, 2.24) is 4.90 Å². The number of fused-ring (bicyclic) bond motifs is 1. The molecule has 2 N–H and O–H groups in total. The summed E-state index contributed by atoms with van der Waals surface area (Å²) in [6, 6.07) is 7.23. The highest BCUT2D eigenvalue weighted by Crippen LogP contribution is 2.43. The first kappa shape index (κ1) is 13.9. The van der Waals surface area contributed by atoms with E-state index in [-0.39, 0.29) is 5.54 Å². The molecule has 1 saturated carbocycles. The van der Waals surface area contributed by atoms with Crippen LogP contribution in [0.25, 0.3) is 0 Å². The van der Waals surface area contributed by atoms with E-state index in [0.717, 1.165) is 12.2 Å². The van der Waals surface area contributed by atoms with Gasteiger partial charge in [-0.25, -0.2) is 0 Å². The molecule has 1 aromatic carbocycles. The maximum absolute atomic E-state index is 6.28. The molecule has 0 amide bonds. The summed E-state index contributed by atoms with van der Waals surface area (Å²) in [6.45, 7) is 0.695. The van der Waals surface area contributed by atoms with Crippen LogP contribution < -0.4 is 10.5 Å². The monoisotopic (exact) mass is 274 g/mol. The Morgan fingerprint density at radius 1 is 1.35 bits per heavy atom. The molecule has 0 aliphatic heterocycles. The smallest absolute Gasteiger partial charge is 0.119 e. The number of hydrogen-bond donors (Lipinski definition) is 1. The second-order valence-corrected chi connectivity index (χ2v) is 6.31. The van der Waals surface area contributed by atoms with Gasteiger partial charge in [-0.1, -0.05) is 12.5 Å². The van der Waals surface area contributed by atoms with E-state index in [1.54, 1.807) is 7.11 Å². The molecular weight excluding hydrogens is 248 g/mol. The lowest BCUT2D eigenvalue weighted by atomic mass is 9.73. The van der Waals surface area contributed by atoms with Crippen molar-refractivity contribution in [1.29, 1.82) is 0 Å². The largest absolute Gasteiger partial charge is 0.497 e. The third-order valence-electron chi connectivity index (χ3n) is 5.49. The highest BCUT2D eigenvalue weighted by molar-refractivity contribution is 5.42. The van der Waals surface area contributed by atoms with E-state index in [4.69, 9.17) is 10.5 Å². The van der Waals surface area contributed by atoms with E-state index in [9.17, 15) is 0 Å². The fourth-order valence-electron chi connectivity index (χ4n) is 3.89. The molecule has 1 fully saturated rings. The van der Waals surface area contributed by atoms with Crippen LogP contribution in [0, 0.1) is 0 Å². The Labute approximate surface area is 122 Å². The average molecular weight is 274 g/mol. The standard InChI is InChI=1S/C17H26N2O/c1-19(14-6-3-7-14)17(12-18)10-4-5-13-8-9-15(20-2)11-16(13)17/h8-9,11,14H,3-7,10,12,18H2,1-2H3. The maximum Gasteiger partial charge on any atom is 0.119 e. The first-order chi connectivity index (χ1) is 9.71. The minimum absolute atomic E-state index is 0.00715. The molecule has 0 heterocycles. The van der Waals surface area contributed by atoms with Gasteiger partial charge < -0.3 is 10.5 Å². The Balaban J connectivity index is 2.03. The van der Waals surface area contributed by atoms with Crippen LogP contribution in [0.3, 0.4) is 0 Å². The van der Waals surface area contributed by atoms with Gasteiger partial charge in [0.2, 0.25) is 0 Å². The van der Waals surface area contributed by atoms with Gasteiger partial charge in [-0.3, -0.25) is 4.90 Å². The van der Waals surface area contributed by atoms with Gasteiger partial charge in [-0.15, -0.1) is 0 Å². The highest BCUT2D eigenvalue weighted by atomic mass is 16.5. The summed E-state index contributed by atoms with van der Waals surface area (Å²) in [5.74, 6) is 0.950. The Kier molecular flexibility index (Phi) is 3.74. The predicted octanol–water partition coefficient (Wildman–Crippen LogP) is 2.67. The van der Waals surface area contributed by atoms with Gasteiger partial charge in [0, 0.05) is 12.6 Å². The van der Waals surface area contributed by atoms with Gasteiger partial charge in [0.05, 0.1) is 12.6 Å². The number of hydrogen-bond acceptors (Lipinski definition) is 3. The number of nitrogens with two attached hydrogens (primary N) is 1. The summed E-state index contributed by atoms with van der Waals surface area (Å²) < 4.78 is 5.44. The van der Waals surface area contributed by atoms with Crippen molar-refractivity contribution in [3.8, 4) is 5.75 Å². The summed E-state index contributed by atoms with van der Waals surface area (Å²) in [4.78, 5) is 2.56. The molecule has 2 aliphatic rings. The molecular formula is C17H26N2O. The Hall–Kier alpha value is -1.06. The number of rotatable bonds is 4. The van der Waals surface area contributed by atoms with Gasteiger partial charge in [-0.05, 0) is 62.4 Å². The lowest BCUT2D eigenvalue weighted by molar-refractivity contribution is 0.0230. The first-order valence-corrected chi connectivity index (χ1v) is 7.81. The zero-order chi connectivity index (χ0) is 14.2. The van der Waals surface area contributed by atoms with Gasteiger partial charge in [0.25, 0.3) is 0 Å². The normalized spacial score (nSPS) is 26.2. The second kappa shape index (κ2) is 5.38. The Morgan fingerprint density at radius 2 is 2.15 bits per heavy atom. The third kappa shape index (κ3) is 2.04. The number of methoxy groups -OCH3 is 1. The molecule has 2 aliphatic carbocycles. The summed E-state index contributed by atoms with van der Waals surface area (Å²) in [5, 5.41) is 0. The van der Waals surface area contributed by atoms with Crippen LogP contribution in [0.15, 0.2) is 18.2 Å². The van der Waals surface area contributed by atoms with Crippen molar-refractivity contribution in [2.75, 3.05) is 20.7 Å². The molecule has 3 nitrogen and oxygen atoms in total. The van der Waals surface area contributed by atoms with Gasteiger partial charge >= 0.3 is 0 Å². The third-order valence-corrected chi connectivity index (χ3v) is 5.49. The average Bonchev–Trinajstić information content (AvgIpc) is 2.44. The fraction of sp³-hybridized carbons (Fsp3) is 0.647. The molecule has 20 heavy (non-hydrogen) atoms. The van der Waals surface area contributed by atoms with Crippen molar-refractivity contribution >= 4 is 0 Å². The van der Waals surface area contributed by atoms with E-state index in [1.165, 1.54) is 43.2 Å². The summed E-state index contributed by atoms with van der Waals surface area (Å²) in [5.41, 5.74) is 9.14. The van der Waals surface area contributed by atoms with Crippen LogP contribution in [-0.4, -0.2) is 31.6 Å². The molecule has 110 valence electrons. The zero-order valence-electron chi connectivity index (χ0n) is 12.7. The predicted molar refractivity (Wildman–Crippen MR) is 82.1 cm³/mol. The van der Waals surface area contributed by atoms with E-state index < -0.39 is 0 Å². The molecule has 0 aromatic heterocycles. The van der Waals surface area contributed by atoms with Crippen molar-refractivity contribution in [3.05, 3.63) is 29.3 Å². The first-order valence-electron chi connectivity index (χ1n) is 7.81. The van der Waals surface area contributed by atoms with Crippen LogP contribution in [0.4, 0.5) is 0 Å². The van der Waals surface area contributed by atoms with Crippen LogP contribution in [-0.2, 0) is 12.0 Å². The van der Waals surface area contributed by atoms with Crippen LogP contribution in [0.5, 0.6) is 5.75 Å². The number of ether oxygens (including phenoxy) is 1. The molecule has 0 saturated heterocycles. The molecule has 3 heteroatoms. The van der Waals surface area contributed by atoms with E-state index in [2.05, 4.69) is 30.1 Å².